The molecule has 0 bridgehead atoms. The summed E-state index contributed by atoms with van der Waals surface area (Å²) in [5.41, 5.74) is 0.792. The van der Waals surface area contributed by atoms with Gasteiger partial charge in [-0.2, -0.15) is 0 Å². The molecule has 0 atom stereocenters. The molecule has 0 aliphatic heterocycles. The minimum Gasteiger partial charge on any atom is -0.489 e. The number of carbonyl (C=O) groups is 1. The van der Waals surface area contributed by atoms with Gasteiger partial charge >= 0.3 is 0 Å². The lowest BCUT2D eigenvalue weighted by molar-refractivity contribution is 0.104. The average Bonchev–Trinajstić information content (AvgIpc) is 2.54. The lowest BCUT2D eigenvalue weighted by atomic mass is 10.1. The third kappa shape index (κ3) is 3.88. The Morgan fingerprint density at radius 3 is 2.64 bits per heavy atom. The van der Waals surface area contributed by atoms with Gasteiger partial charge < -0.3 is 4.74 Å². The van der Waals surface area contributed by atoms with Crippen molar-refractivity contribution in [3.05, 3.63) is 84.0 Å². The molecule has 0 heterocycles. The van der Waals surface area contributed by atoms with E-state index in [1.807, 2.05) is 12.1 Å². The first-order valence-electron chi connectivity index (χ1n) is 6.62. The molecular weight excluding hydrogens is 286 g/mol. The van der Waals surface area contributed by atoms with Crippen molar-refractivity contribution < 1.29 is 18.3 Å². The smallest absolute Gasteiger partial charge is 0.185 e. The maximum absolute atomic E-state index is 13.1. The predicted octanol–water partition coefficient (Wildman–Crippen LogP) is 4.43. The summed E-state index contributed by atoms with van der Waals surface area (Å²) >= 11 is 0. The van der Waals surface area contributed by atoms with E-state index < -0.39 is 17.4 Å². The van der Waals surface area contributed by atoms with Crippen molar-refractivity contribution in [3.8, 4) is 5.75 Å². The van der Waals surface area contributed by atoms with Gasteiger partial charge in [-0.15, -0.1) is 0 Å². The topological polar surface area (TPSA) is 26.3 Å². The van der Waals surface area contributed by atoms with Gasteiger partial charge in [-0.3, -0.25) is 4.79 Å². The predicted molar refractivity (Wildman–Crippen MR) is 81.9 cm³/mol. The molecule has 0 aliphatic rings. The molecule has 0 radical (unpaired) electrons. The molecule has 0 amide bonds. The molecule has 2 aromatic rings. The summed E-state index contributed by atoms with van der Waals surface area (Å²) in [6, 6.07) is 10.2. The number of carbonyl (C=O) groups excluding carboxylic acids is 1. The molecule has 0 spiro atoms. The summed E-state index contributed by atoms with van der Waals surface area (Å²) in [7, 11) is 0. The Bertz CT molecular complexity index is 721. The van der Waals surface area contributed by atoms with Crippen LogP contribution in [0.25, 0.3) is 6.08 Å². The third-order valence-corrected chi connectivity index (χ3v) is 2.89. The van der Waals surface area contributed by atoms with Gasteiger partial charge in [-0.1, -0.05) is 30.9 Å². The highest BCUT2D eigenvalue weighted by Gasteiger charge is 2.07. The maximum atomic E-state index is 13.1. The molecule has 0 saturated carbocycles. The van der Waals surface area contributed by atoms with Crippen LogP contribution in [0.1, 0.15) is 15.9 Å². The fourth-order valence-corrected chi connectivity index (χ4v) is 1.81. The second kappa shape index (κ2) is 7.31. The molecular formula is C18H14F2O2. The van der Waals surface area contributed by atoms with Gasteiger partial charge in [0.05, 0.1) is 0 Å². The molecule has 22 heavy (non-hydrogen) atoms. The number of hydrogen-bond donors (Lipinski definition) is 0. The highest BCUT2D eigenvalue weighted by molar-refractivity contribution is 6.06. The molecule has 0 N–H and O–H groups in total. The van der Waals surface area contributed by atoms with Crippen LogP contribution in [0.5, 0.6) is 5.75 Å². The summed E-state index contributed by atoms with van der Waals surface area (Å²) in [4.78, 5) is 12.0. The van der Waals surface area contributed by atoms with E-state index in [0.29, 0.717) is 17.9 Å². The van der Waals surface area contributed by atoms with Crippen molar-refractivity contribution in [1.82, 2.24) is 0 Å². The highest BCUT2D eigenvalue weighted by atomic mass is 19.2. The molecule has 0 aromatic heterocycles. The first-order valence-corrected chi connectivity index (χ1v) is 6.62. The Morgan fingerprint density at radius 1 is 1.14 bits per heavy atom. The quantitative estimate of drug-likeness (QED) is 0.448. The van der Waals surface area contributed by atoms with Gasteiger partial charge in [0.15, 0.2) is 17.4 Å². The van der Waals surface area contributed by atoms with E-state index in [0.717, 1.165) is 12.1 Å². The first-order chi connectivity index (χ1) is 10.6. The Labute approximate surface area is 127 Å². The minimum atomic E-state index is -1.05. The summed E-state index contributed by atoms with van der Waals surface area (Å²) in [5, 5.41) is 0. The van der Waals surface area contributed by atoms with E-state index in [1.165, 1.54) is 12.1 Å². The summed E-state index contributed by atoms with van der Waals surface area (Å²) in [5.74, 6) is -1.84. The van der Waals surface area contributed by atoms with Crippen LogP contribution in [0, 0.1) is 11.6 Å². The maximum Gasteiger partial charge on any atom is 0.185 e. The molecule has 4 heteroatoms. The monoisotopic (exact) mass is 300 g/mol. The normalized spacial score (nSPS) is 10.6. The van der Waals surface area contributed by atoms with Gasteiger partial charge in [0.1, 0.15) is 12.4 Å². The van der Waals surface area contributed by atoms with Crippen LogP contribution in [-0.2, 0) is 0 Å². The number of allylic oxidation sites excluding steroid dienone is 1. The van der Waals surface area contributed by atoms with Crippen LogP contribution >= 0.6 is 0 Å². The van der Waals surface area contributed by atoms with Crippen LogP contribution in [0.3, 0.4) is 0 Å². The number of rotatable bonds is 6. The molecule has 2 rings (SSSR count). The minimum absolute atomic E-state index is 0.0830. The van der Waals surface area contributed by atoms with Gasteiger partial charge in [-0.05, 0) is 36.4 Å². The van der Waals surface area contributed by atoms with Crippen molar-refractivity contribution in [2.45, 2.75) is 0 Å². The largest absolute Gasteiger partial charge is 0.489 e. The fraction of sp³-hybridized carbons (Fsp3) is 0.0556. The Hall–Kier alpha value is -2.75. The SMILES string of the molecule is C=CCOc1ccccc1/C=C/C(=O)c1ccc(F)c(F)c1. The number of hydrogen-bond acceptors (Lipinski definition) is 2. The Morgan fingerprint density at radius 2 is 1.91 bits per heavy atom. The number of ether oxygens (including phenoxy) is 1. The van der Waals surface area contributed by atoms with Crippen molar-refractivity contribution in [1.29, 1.82) is 0 Å². The van der Waals surface area contributed by atoms with Crippen molar-refractivity contribution >= 4 is 11.9 Å². The molecule has 2 nitrogen and oxygen atoms in total. The second-order valence-corrected chi connectivity index (χ2v) is 4.46. The van der Waals surface area contributed by atoms with Gasteiger partial charge in [0, 0.05) is 11.1 Å². The average molecular weight is 300 g/mol. The number of benzene rings is 2. The fourth-order valence-electron chi connectivity index (χ4n) is 1.81. The van der Waals surface area contributed by atoms with Gasteiger partial charge in [0.25, 0.3) is 0 Å². The highest BCUT2D eigenvalue weighted by Crippen LogP contribution is 2.20. The zero-order chi connectivity index (χ0) is 15.9. The van der Waals surface area contributed by atoms with E-state index >= 15 is 0 Å². The van der Waals surface area contributed by atoms with Crippen LogP contribution in [0.15, 0.2) is 61.2 Å². The lowest BCUT2D eigenvalue weighted by Crippen LogP contribution is -1.97. The molecule has 112 valence electrons. The molecule has 0 aliphatic carbocycles. The van der Waals surface area contributed by atoms with Crippen LogP contribution < -0.4 is 4.74 Å². The molecule has 0 saturated heterocycles. The molecule has 2 aromatic carbocycles. The zero-order valence-corrected chi connectivity index (χ0v) is 11.8. The molecule has 0 unspecified atom stereocenters. The van der Waals surface area contributed by atoms with Crippen LogP contribution in [-0.4, -0.2) is 12.4 Å². The third-order valence-electron chi connectivity index (χ3n) is 2.89. The van der Waals surface area contributed by atoms with Crippen LogP contribution in [0.4, 0.5) is 8.78 Å². The number of halogens is 2. The zero-order valence-electron chi connectivity index (χ0n) is 11.8. The van der Waals surface area contributed by atoms with Crippen LogP contribution in [0.2, 0.25) is 0 Å². The number of ketones is 1. The lowest BCUT2D eigenvalue weighted by Gasteiger charge is -2.06. The molecule has 0 fully saturated rings. The Kier molecular flexibility index (Phi) is 5.20. The van der Waals surface area contributed by atoms with Crippen molar-refractivity contribution in [2.24, 2.45) is 0 Å². The standard InChI is InChI=1S/C18H14F2O2/c1-2-11-22-18-6-4-3-5-13(18)8-10-17(21)14-7-9-15(19)16(20)12-14/h2-10,12H,1,11H2/b10-8+. The summed E-state index contributed by atoms with van der Waals surface area (Å²) in [6.45, 7) is 3.92. The van der Waals surface area contributed by atoms with E-state index in [9.17, 15) is 13.6 Å². The van der Waals surface area contributed by atoms with E-state index in [2.05, 4.69) is 6.58 Å². The first kappa shape index (κ1) is 15.6. The van der Waals surface area contributed by atoms with E-state index in [-0.39, 0.29) is 5.56 Å². The summed E-state index contributed by atoms with van der Waals surface area (Å²) < 4.78 is 31.4. The van der Waals surface area contributed by atoms with E-state index in [1.54, 1.807) is 24.3 Å². The number of para-hydroxylation sites is 1. The van der Waals surface area contributed by atoms with Gasteiger partial charge in [-0.25, -0.2) is 8.78 Å². The second-order valence-electron chi connectivity index (χ2n) is 4.46. The Balaban J connectivity index is 2.19. The van der Waals surface area contributed by atoms with Crippen molar-refractivity contribution in [3.63, 3.8) is 0 Å². The van der Waals surface area contributed by atoms with E-state index in [4.69, 9.17) is 4.74 Å². The van der Waals surface area contributed by atoms with Crippen molar-refractivity contribution in [2.75, 3.05) is 6.61 Å². The summed E-state index contributed by atoms with van der Waals surface area (Å²) in [6.07, 6.45) is 4.48. The van der Waals surface area contributed by atoms with Gasteiger partial charge in [0.2, 0.25) is 0 Å².